The summed E-state index contributed by atoms with van der Waals surface area (Å²) in [5.74, 6) is 0.854. The van der Waals surface area contributed by atoms with Gasteiger partial charge < -0.3 is 10.4 Å². The molecule has 0 aromatic carbocycles. The van der Waals surface area contributed by atoms with Gasteiger partial charge in [0.05, 0.1) is 6.10 Å². The van der Waals surface area contributed by atoms with Gasteiger partial charge in [-0.15, -0.1) is 0 Å². The lowest BCUT2D eigenvalue weighted by Gasteiger charge is -2.31. The molecule has 0 radical (unpaired) electrons. The Morgan fingerprint density at radius 1 is 1.31 bits per heavy atom. The van der Waals surface area contributed by atoms with Crippen LogP contribution >= 0.6 is 0 Å². The number of hydrogen-bond donors (Lipinski definition) is 2. The van der Waals surface area contributed by atoms with Gasteiger partial charge in [0.1, 0.15) is 0 Å². The van der Waals surface area contributed by atoms with E-state index in [2.05, 4.69) is 19.2 Å². The number of nitrogens with one attached hydrogen (secondary N) is 1. The Labute approximate surface area is 81.7 Å². The fraction of sp³-hybridized carbons (Fsp3) is 1.00. The molecule has 0 aromatic rings. The molecule has 1 rings (SSSR count). The second kappa shape index (κ2) is 4.97. The predicted octanol–water partition coefficient (Wildman–Crippen LogP) is 1.92. The van der Waals surface area contributed by atoms with Crippen molar-refractivity contribution < 1.29 is 5.11 Å². The van der Waals surface area contributed by atoms with E-state index in [9.17, 15) is 5.11 Å². The van der Waals surface area contributed by atoms with E-state index >= 15 is 0 Å². The zero-order valence-corrected chi connectivity index (χ0v) is 9.09. The van der Waals surface area contributed by atoms with Crippen molar-refractivity contribution in [3.8, 4) is 0 Å². The van der Waals surface area contributed by atoms with E-state index in [4.69, 9.17) is 0 Å². The zero-order valence-electron chi connectivity index (χ0n) is 9.09. The largest absolute Gasteiger partial charge is 0.392 e. The monoisotopic (exact) mass is 185 g/mol. The van der Waals surface area contributed by atoms with E-state index in [1.165, 1.54) is 25.7 Å². The molecule has 4 unspecified atom stereocenters. The van der Waals surface area contributed by atoms with Crippen LogP contribution in [-0.4, -0.2) is 23.3 Å². The molecule has 78 valence electrons. The Morgan fingerprint density at radius 2 is 2.00 bits per heavy atom. The zero-order chi connectivity index (χ0) is 9.84. The highest BCUT2D eigenvalue weighted by molar-refractivity contribution is 4.79. The molecule has 13 heavy (non-hydrogen) atoms. The maximum Gasteiger partial charge on any atom is 0.0662 e. The van der Waals surface area contributed by atoms with Crippen LogP contribution in [0.2, 0.25) is 0 Å². The van der Waals surface area contributed by atoms with E-state index in [1.54, 1.807) is 0 Å². The van der Waals surface area contributed by atoms with Gasteiger partial charge >= 0.3 is 0 Å². The van der Waals surface area contributed by atoms with Gasteiger partial charge in [-0.05, 0) is 32.6 Å². The summed E-state index contributed by atoms with van der Waals surface area (Å²) in [7, 11) is 0. The highest BCUT2D eigenvalue weighted by Gasteiger charge is 2.21. The van der Waals surface area contributed by atoms with Crippen LogP contribution in [0.1, 0.15) is 46.5 Å². The number of rotatable bonds is 3. The summed E-state index contributed by atoms with van der Waals surface area (Å²) in [5.41, 5.74) is 0. The molecule has 2 N–H and O–H groups in total. The molecule has 0 saturated heterocycles. The number of hydrogen-bond acceptors (Lipinski definition) is 2. The lowest BCUT2D eigenvalue weighted by Crippen LogP contribution is -2.44. The van der Waals surface area contributed by atoms with Crippen LogP contribution in [0.25, 0.3) is 0 Å². The van der Waals surface area contributed by atoms with Crippen molar-refractivity contribution >= 4 is 0 Å². The predicted molar refractivity (Wildman–Crippen MR) is 55.7 cm³/mol. The Kier molecular flexibility index (Phi) is 4.20. The average molecular weight is 185 g/mol. The molecule has 2 nitrogen and oxygen atoms in total. The van der Waals surface area contributed by atoms with Gasteiger partial charge in [0, 0.05) is 12.1 Å². The van der Waals surface area contributed by atoms with E-state index in [0.717, 1.165) is 5.92 Å². The summed E-state index contributed by atoms with van der Waals surface area (Å²) in [6.45, 7) is 6.23. The molecular weight excluding hydrogens is 162 g/mol. The van der Waals surface area contributed by atoms with Crippen LogP contribution < -0.4 is 5.32 Å². The van der Waals surface area contributed by atoms with E-state index in [-0.39, 0.29) is 12.1 Å². The number of aliphatic hydroxyl groups is 1. The first kappa shape index (κ1) is 11.0. The summed E-state index contributed by atoms with van der Waals surface area (Å²) in [6.07, 6.45) is 5.03. The maximum atomic E-state index is 9.35. The molecule has 0 heterocycles. The SMILES string of the molecule is CC1CCCC(NC(C)C(C)O)C1. The second-order valence-electron chi connectivity index (χ2n) is 4.66. The van der Waals surface area contributed by atoms with Gasteiger partial charge in [-0.1, -0.05) is 19.8 Å². The van der Waals surface area contributed by atoms with Gasteiger partial charge in [0.15, 0.2) is 0 Å². The van der Waals surface area contributed by atoms with Gasteiger partial charge in [-0.2, -0.15) is 0 Å². The minimum Gasteiger partial charge on any atom is -0.392 e. The van der Waals surface area contributed by atoms with Crippen molar-refractivity contribution in [2.75, 3.05) is 0 Å². The fourth-order valence-electron chi connectivity index (χ4n) is 2.10. The normalized spacial score (nSPS) is 34.2. The number of aliphatic hydroxyl groups excluding tert-OH is 1. The summed E-state index contributed by atoms with van der Waals surface area (Å²) in [6, 6.07) is 0.864. The van der Waals surface area contributed by atoms with Crippen molar-refractivity contribution in [2.45, 2.75) is 64.6 Å². The third-order valence-electron chi connectivity index (χ3n) is 3.16. The highest BCUT2D eigenvalue weighted by atomic mass is 16.3. The van der Waals surface area contributed by atoms with Crippen LogP contribution in [0.3, 0.4) is 0 Å². The van der Waals surface area contributed by atoms with Crippen molar-refractivity contribution in [1.82, 2.24) is 5.32 Å². The summed E-state index contributed by atoms with van der Waals surface area (Å²) in [4.78, 5) is 0. The molecule has 1 fully saturated rings. The summed E-state index contributed by atoms with van der Waals surface area (Å²) < 4.78 is 0. The van der Waals surface area contributed by atoms with Gasteiger partial charge in [0.2, 0.25) is 0 Å². The molecule has 0 amide bonds. The van der Waals surface area contributed by atoms with Crippen LogP contribution in [0, 0.1) is 5.92 Å². The Hall–Kier alpha value is -0.0800. The quantitative estimate of drug-likeness (QED) is 0.704. The molecule has 1 saturated carbocycles. The van der Waals surface area contributed by atoms with E-state index in [1.807, 2.05) is 6.92 Å². The molecule has 1 aliphatic carbocycles. The summed E-state index contributed by atoms with van der Waals surface area (Å²) in [5, 5.41) is 12.9. The van der Waals surface area contributed by atoms with Crippen LogP contribution in [0.15, 0.2) is 0 Å². The molecule has 0 spiro atoms. The first-order chi connectivity index (χ1) is 6.09. The lowest BCUT2D eigenvalue weighted by atomic mass is 9.86. The van der Waals surface area contributed by atoms with Crippen molar-refractivity contribution in [3.63, 3.8) is 0 Å². The van der Waals surface area contributed by atoms with E-state index in [0.29, 0.717) is 6.04 Å². The van der Waals surface area contributed by atoms with E-state index < -0.39 is 0 Å². The molecule has 0 bridgehead atoms. The first-order valence-corrected chi connectivity index (χ1v) is 5.53. The molecule has 0 aliphatic heterocycles. The highest BCUT2D eigenvalue weighted by Crippen LogP contribution is 2.23. The van der Waals surface area contributed by atoms with Crippen LogP contribution in [0.5, 0.6) is 0 Å². The third-order valence-corrected chi connectivity index (χ3v) is 3.16. The molecule has 2 heteroatoms. The second-order valence-corrected chi connectivity index (χ2v) is 4.66. The minimum atomic E-state index is -0.239. The minimum absolute atomic E-state index is 0.232. The van der Waals surface area contributed by atoms with Gasteiger partial charge in [-0.25, -0.2) is 0 Å². The van der Waals surface area contributed by atoms with Crippen LogP contribution in [-0.2, 0) is 0 Å². The Balaban J connectivity index is 2.27. The van der Waals surface area contributed by atoms with Crippen molar-refractivity contribution in [3.05, 3.63) is 0 Å². The molecular formula is C11H23NO. The fourth-order valence-corrected chi connectivity index (χ4v) is 2.10. The van der Waals surface area contributed by atoms with Gasteiger partial charge in [-0.3, -0.25) is 0 Å². The van der Waals surface area contributed by atoms with Crippen molar-refractivity contribution in [2.24, 2.45) is 5.92 Å². The maximum absolute atomic E-state index is 9.35. The van der Waals surface area contributed by atoms with Gasteiger partial charge in [0.25, 0.3) is 0 Å². The smallest absolute Gasteiger partial charge is 0.0662 e. The summed E-state index contributed by atoms with van der Waals surface area (Å²) >= 11 is 0. The molecule has 4 atom stereocenters. The first-order valence-electron chi connectivity index (χ1n) is 5.53. The Bertz CT molecular complexity index is 147. The topological polar surface area (TPSA) is 32.3 Å². The Morgan fingerprint density at radius 3 is 2.54 bits per heavy atom. The van der Waals surface area contributed by atoms with Crippen molar-refractivity contribution in [1.29, 1.82) is 0 Å². The lowest BCUT2D eigenvalue weighted by molar-refractivity contribution is 0.136. The standard InChI is InChI=1S/C11H23NO/c1-8-5-4-6-11(7-8)12-9(2)10(3)13/h8-13H,4-7H2,1-3H3. The average Bonchev–Trinajstić information content (AvgIpc) is 2.04. The third kappa shape index (κ3) is 3.65. The van der Waals surface area contributed by atoms with Crippen LogP contribution in [0.4, 0.5) is 0 Å². The molecule has 1 aliphatic rings. The molecule has 0 aromatic heterocycles.